The van der Waals surface area contributed by atoms with Crippen LogP contribution in [0.5, 0.6) is 0 Å². The molecule has 1 aliphatic rings. The molecule has 0 aliphatic carbocycles. The van der Waals surface area contributed by atoms with E-state index in [1.165, 1.54) is 0 Å². The molecule has 5 nitrogen and oxygen atoms in total. The first-order valence-electron chi connectivity index (χ1n) is 8.12. The van der Waals surface area contributed by atoms with Crippen LogP contribution in [0, 0.1) is 6.92 Å². The number of rotatable bonds is 3. The molecule has 1 atom stereocenters. The number of anilines is 1. The Morgan fingerprint density at radius 2 is 2.12 bits per heavy atom. The number of nitrogens with one attached hydrogen (secondary N) is 2. The molecule has 1 aromatic heterocycles. The summed E-state index contributed by atoms with van der Waals surface area (Å²) in [5.74, 6) is 0.0958. The summed E-state index contributed by atoms with van der Waals surface area (Å²) in [7, 11) is 1.88. The van der Waals surface area contributed by atoms with Gasteiger partial charge in [-0.25, -0.2) is 4.98 Å². The maximum absolute atomic E-state index is 12.4. The van der Waals surface area contributed by atoms with E-state index < -0.39 is 18.6 Å². The van der Waals surface area contributed by atoms with E-state index in [0.717, 1.165) is 17.1 Å². The van der Waals surface area contributed by atoms with Gasteiger partial charge in [0.15, 0.2) is 0 Å². The Balaban J connectivity index is 1.97. The monoisotopic (exact) mass is 364 g/mol. The van der Waals surface area contributed by atoms with Crippen LogP contribution in [-0.4, -0.2) is 34.2 Å². The molecular weight excluding hydrogens is 345 g/mol. The number of carbonyl (C=O) groups excluding carboxylic acids is 1. The van der Waals surface area contributed by atoms with Crippen LogP contribution in [-0.2, 0) is 11.8 Å². The number of amides is 1. The molecule has 2 N–H and O–H groups in total. The Bertz CT molecular complexity index is 883. The predicted molar refractivity (Wildman–Crippen MR) is 93.5 cm³/mol. The smallest absolute Gasteiger partial charge is 0.379 e. The van der Waals surface area contributed by atoms with Crippen molar-refractivity contribution in [2.75, 3.05) is 11.9 Å². The van der Waals surface area contributed by atoms with Crippen molar-refractivity contribution < 1.29 is 18.0 Å². The number of alkyl halides is 3. The molecule has 0 saturated heterocycles. The number of hydrogen-bond donors (Lipinski definition) is 2. The highest BCUT2D eigenvalue weighted by atomic mass is 19.4. The SMILES string of the molecule is Cc1ncc(-c2ccc3c(c2)C(C(=O)NCC(F)(F)F)=CC(C)N3)n1C. The summed E-state index contributed by atoms with van der Waals surface area (Å²) in [6.07, 6.45) is -1.10. The lowest BCUT2D eigenvalue weighted by molar-refractivity contribution is -0.135. The molecule has 0 spiro atoms. The summed E-state index contributed by atoms with van der Waals surface area (Å²) < 4.78 is 39.2. The average Bonchev–Trinajstić information content (AvgIpc) is 2.90. The van der Waals surface area contributed by atoms with Crippen LogP contribution < -0.4 is 10.6 Å². The van der Waals surface area contributed by atoms with Crippen LogP contribution in [0.1, 0.15) is 18.3 Å². The second kappa shape index (κ2) is 6.51. The Kier molecular flexibility index (Phi) is 4.52. The highest BCUT2D eigenvalue weighted by Gasteiger charge is 2.30. The number of aryl methyl sites for hydroxylation is 1. The molecule has 3 rings (SSSR count). The number of benzene rings is 1. The minimum absolute atomic E-state index is 0.168. The maximum atomic E-state index is 12.4. The largest absolute Gasteiger partial charge is 0.405 e. The number of halogens is 3. The summed E-state index contributed by atoms with van der Waals surface area (Å²) in [5, 5.41) is 5.17. The Morgan fingerprint density at radius 3 is 2.73 bits per heavy atom. The third-order valence-corrected chi connectivity index (χ3v) is 4.32. The summed E-state index contributed by atoms with van der Waals surface area (Å²) in [6, 6.07) is 5.35. The van der Waals surface area contributed by atoms with Crippen molar-refractivity contribution in [3.8, 4) is 11.3 Å². The molecule has 138 valence electrons. The molecule has 0 radical (unpaired) electrons. The summed E-state index contributed by atoms with van der Waals surface area (Å²) in [5.41, 5.74) is 3.20. The number of nitrogens with zero attached hydrogens (tertiary/aromatic N) is 2. The molecule has 0 bridgehead atoms. The van der Waals surface area contributed by atoms with E-state index in [1.807, 2.05) is 42.9 Å². The standard InChI is InChI=1S/C18H19F3N4O/c1-10-6-14(17(26)23-9-18(19,20)21)13-7-12(4-5-15(13)24-10)16-8-22-11(2)25(16)3/h4-8,10,24H,9H2,1-3H3,(H,23,26). The number of hydrogen-bond acceptors (Lipinski definition) is 3. The quantitative estimate of drug-likeness (QED) is 0.879. The Labute approximate surface area is 148 Å². The predicted octanol–water partition coefficient (Wildman–Crippen LogP) is 3.27. The van der Waals surface area contributed by atoms with Crippen molar-refractivity contribution in [1.82, 2.24) is 14.9 Å². The topological polar surface area (TPSA) is 59.0 Å². The fourth-order valence-electron chi connectivity index (χ4n) is 2.92. The lowest BCUT2D eigenvalue weighted by Gasteiger charge is -2.24. The second-order valence-electron chi connectivity index (χ2n) is 6.32. The second-order valence-corrected chi connectivity index (χ2v) is 6.32. The Hall–Kier alpha value is -2.77. The number of carbonyl (C=O) groups is 1. The highest BCUT2D eigenvalue weighted by molar-refractivity contribution is 6.22. The van der Waals surface area contributed by atoms with Gasteiger partial charge in [-0.1, -0.05) is 6.07 Å². The van der Waals surface area contributed by atoms with Crippen molar-refractivity contribution in [3.63, 3.8) is 0 Å². The lowest BCUT2D eigenvalue weighted by Crippen LogP contribution is -2.35. The molecule has 1 aliphatic heterocycles. The first-order valence-corrected chi connectivity index (χ1v) is 8.12. The van der Waals surface area contributed by atoms with Crippen LogP contribution in [0.15, 0.2) is 30.5 Å². The van der Waals surface area contributed by atoms with Crippen molar-refractivity contribution in [2.45, 2.75) is 26.1 Å². The molecule has 0 fully saturated rings. The van der Waals surface area contributed by atoms with Gasteiger partial charge in [0, 0.05) is 35.5 Å². The fourth-order valence-corrected chi connectivity index (χ4v) is 2.92. The fraction of sp³-hybridized carbons (Fsp3) is 0.333. The molecule has 2 heterocycles. The maximum Gasteiger partial charge on any atom is 0.405 e. The van der Waals surface area contributed by atoms with E-state index >= 15 is 0 Å². The van der Waals surface area contributed by atoms with Crippen LogP contribution in [0.25, 0.3) is 16.8 Å². The van der Waals surface area contributed by atoms with Gasteiger partial charge in [-0.15, -0.1) is 0 Å². The van der Waals surface area contributed by atoms with Crippen LogP contribution >= 0.6 is 0 Å². The van der Waals surface area contributed by atoms with Gasteiger partial charge in [0.05, 0.1) is 11.9 Å². The summed E-state index contributed by atoms with van der Waals surface area (Å²) in [4.78, 5) is 16.6. The van der Waals surface area contributed by atoms with Crippen LogP contribution in [0.2, 0.25) is 0 Å². The summed E-state index contributed by atoms with van der Waals surface area (Å²) >= 11 is 0. The molecular formula is C18H19F3N4O. The zero-order valence-corrected chi connectivity index (χ0v) is 14.6. The average molecular weight is 364 g/mol. The highest BCUT2D eigenvalue weighted by Crippen LogP contribution is 2.34. The molecule has 1 aromatic carbocycles. The Morgan fingerprint density at radius 1 is 1.38 bits per heavy atom. The van der Waals surface area contributed by atoms with Gasteiger partial charge in [-0.2, -0.15) is 13.2 Å². The van der Waals surface area contributed by atoms with Gasteiger partial charge in [0.25, 0.3) is 5.91 Å². The number of aromatic nitrogens is 2. The lowest BCUT2D eigenvalue weighted by atomic mass is 9.94. The zero-order chi connectivity index (χ0) is 19.1. The van der Waals surface area contributed by atoms with Crippen molar-refractivity contribution in [3.05, 3.63) is 41.9 Å². The zero-order valence-electron chi connectivity index (χ0n) is 14.6. The first kappa shape index (κ1) is 18.0. The third-order valence-electron chi connectivity index (χ3n) is 4.32. The molecule has 0 saturated carbocycles. The van der Waals surface area contributed by atoms with E-state index in [2.05, 4.69) is 10.3 Å². The normalized spacial score (nSPS) is 16.5. The van der Waals surface area contributed by atoms with Gasteiger partial charge >= 0.3 is 6.18 Å². The molecule has 2 aromatic rings. The van der Waals surface area contributed by atoms with E-state index in [1.54, 1.807) is 18.3 Å². The number of imidazole rings is 1. The van der Waals surface area contributed by atoms with Crippen molar-refractivity contribution in [2.24, 2.45) is 7.05 Å². The van der Waals surface area contributed by atoms with E-state index in [4.69, 9.17) is 0 Å². The first-order chi connectivity index (χ1) is 12.2. The van der Waals surface area contributed by atoms with E-state index in [-0.39, 0.29) is 11.6 Å². The van der Waals surface area contributed by atoms with Gasteiger partial charge in [-0.3, -0.25) is 4.79 Å². The van der Waals surface area contributed by atoms with Crippen molar-refractivity contribution in [1.29, 1.82) is 0 Å². The van der Waals surface area contributed by atoms with Crippen LogP contribution in [0.4, 0.5) is 18.9 Å². The van der Waals surface area contributed by atoms with Gasteiger partial charge in [0.2, 0.25) is 0 Å². The molecule has 8 heteroatoms. The van der Waals surface area contributed by atoms with Gasteiger partial charge in [-0.05, 0) is 32.1 Å². The molecule has 1 amide bonds. The van der Waals surface area contributed by atoms with Crippen LogP contribution in [0.3, 0.4) is 0 Å². The minimum atomic E-state index is -4.45. The number of fused-ring (bicyclic) bond motifs is 1. The van der Waals surface area contributed by atoms with E-state index in [9.17, 15) is 18.0 Å². The molecule has 1 unspecified atom stereocenters. The minimum Gasteiger partial charge on any atom is -0.379 e. The summed E-state index contributed by atoms with van der Waals surface area (Å²) in [6.45, 7) is 2.35. The van der Waals surface area contributed by atoms with Crippen molar-refractivity contribution >= 4 is 17.2 Å². The molecule has 26 heavy (non-hydrogen) atoms. The van der Waals surface area contributed by atoms with Gasteiger partial charge in [0.1, 0.15) is 12.4 Å². The van der Waals surface area contributed by atoms with Gasteiger partial charge < -0.3 is 15.2 Å². The van der Waals surface area contributed by atoms with E-state index in [0.29, 0.717) is 11.3 Å². The third kappa shape index (κ3) is 3.58.